The van der Waals surface area contributed by atoms with Crippen LogP contribution in [0.15, 0.2) is 22.7 Å². The lowest BCUT2D eigenvalue weighted by atomic mass is 10.1. The Morgan fingerprint density at radius 3 is 2.56 bits per heavy atom. The lowest BCUT2D eigenvalue weighted by Gasteiger charge is -2.30. The van der Waals surface area contributed by atoms with Crippen molar-refractivity contribution in [2.45, 2.75) is 18.9 Å². The fourth-order valence-electron chi connectivity index (χ4n) is 2.22. The quantitative estimate of drug-likeness (QED) is 0.853. The molecule has 1 heterocycles. The smallest absolute Gasteiger partial charge is 0.143 e. The number of piperidine rings is 1. The fourth-order valence-corrected chi connectivity index (χ4v) is 2.57. The molecule has 1 fully saturated rings. The summed E-state index contributed by atoms with van der Waals surface area (Å²) in [6.45, 7) is 2.25. The van der Waals surface area contributed by atoms with E-state index in [-0.39, 0.29) is 0 Å². The van der Waals surface area contributed by atoms with Gasteiger partial charge < -0.3 is 14.5 Å². The van der Waals surface area contributed by atoms with E-state index in [1.54, 1.807) is 0 Å². The van der Waals surface area contributed by atoms with Gasteiger partial charge >= 0.3 is 0 Å². The minimum atomic E-state index is 0.348. The highest BCUT2D eigenvalue weighted by Crippen LogP contribution is 2.32. The second-order valence-corrected chi connectivity index (χ2v) is 6.04. The van der Waals surface area contributed by atoms with Gasteiger partial charge in [0.1, 0.15) is 11.9 Å². The third-order valence-electron chi connectivity index (χ3n) is 3.36. The van der Waals surface area contributed by atoms with Crippen molar-refractivity contribution in [2.24, 2.45) is 0 Å². The van der Waals surface area contributed by atoms with Gasteiger partial charge in [-0.1, -0.05) is 15.9 Å². The number of ether oxygens (including phenoxy) is 1. The van der Waals surface area contributed by atoms with Crippen molar-refractivity contribution in [3.05, 3.63) is 22.7 Å². The molecule has 3 nitrogen and oxygen atoms in total. The second kappa shape index (κ2) is 5.93. The molecular formula is C14H21BrN2O. The molecule has 0 atom stereocenters. The molecule has 18 heavy (non-hydrogen) atoms. The molecule has 0 aliphatic carbocycles. The van der Waals surface area contributed by atoms with Crippen LogP contribution in [0, 0.1) is 0 Å². The van der Waals surface area contributed by atoms with E-state index in [1.807, 2.05) is 20.2 Å². The van der Waals surface area contributed by atoms with E-state index in [0.29, 0.717) is 6.10 Å². The zero-order valence-electron chi connectivity index (χ0n) is 11.3. The molecule has 0 radical (unpaired) electrons. The lowest BCUT2D eigenvalue weighted by molar-refractivity contribution is 0.115. The van der Waals surface area contributed by atoms with Crippen molar-refractivity contribution in [1.82, 2.24) is 4.90 Å². The molecular weight excluding hydrogens is 292 g/mol. The van der Waals surface area contributed by atoms with Crippen LogP contribution in [-0.2, 0) is 0 Å². The first-order valence-corrected chi connectivity index (χ1v) is 7.17. The van der Waals surface area contributed by atoms with Crippen LogP contribution < -0.4 is 9.64 Å². The highest BCUT2D eigenvalue weighted by atomic mass is 79.9. The highest BCUT2D eigenvalue weighted by Gasteiger charge is 2.19. The van der Waals surface area contributed by atoms with Gasteiger partial charge in [0.25, 0.3) is 0 Å². The fraction of sp³-hybridized carbons (Fsp3) is 0.571. The van der Waals surface area contributed by atoms with E-state index in [1.165, 1.54) is 0 Å². The molecule has 0 saturated carbocycles. The number of hydrogen-bond acceptors (Lipinski definition) is 3. The van der Waals surface area contributed by atoms with Gasteiger partial charge in [0.2, 0.25) is 0 Å². The third-order valence-corrected chi connectivity index (χ3v) is 3.86. The minimum absolute atomic E-state index is 0.348. The number of nitrogens with zero attached hydrogens (tertiary/aromatic N) is 2. The minimum Gasteiger partial charge on any atom is -0.488 e. The van der Waals surface area contributed by atoms with Crippen molar-refractivity contribution in [3.8, 4) is 5.75 Å². The van der Waals surface area contributed by atoms with E-state index < -0.39 is 0 Å². The van der Waals surface area contributed by atoms with Crippen molar-refractivity contribution in [1.29, 1.82) is 0 Å². The van der Waals surface area contributed by atoms with Crippen LogP contribution in [0.25, 0.3) is 0 Å². The zero-order valence-corrected chi connectivity index (χ0v) is 12.9. The SMILES string of the molecule is CN1CCC(Oc2ccc(Br)cc2N(C)C)CC1. The van der Waals surface area contributed by atoms with Crippen molar-refractivity contribution in [2.75, 3.05) is 39.1 Å². The largest absolute Gasteiger partial charge is 0.488 e. The molecule has 0 bridgehead atoms. The number of hydrogen-bond donors (Lipinski definition) is 0. The van der Waals surface area contributed by atoms with Gasteiger partial charge in [-0.25, -0.2) is 0 Å². The molecule has 1 aromatic carbocycles. The molecule has 0 unspecified atom stereocenters. The average molecular weight is 313 g/mol. The Morgan fingerprint density at radius 2 is 1.94 bits per heavy atom. The molecule has 0 N–H and O–H groups in total. The molecule has 100 valence electrons. The summed E-state index contributed by atoms with van der Waals surface area (Å²) in [5, 5.41) is 0. The molecule has 1 saturated heterocycles. The van der Waals surface area contributed by atoms with Crippen LogP contribution in [0.1, 0.15) is 12.8 Å². The summed E-state index contributed by atoms with van der Waals surface area (Å²) in [5.74, 6) is 0.984. The maximum absolute atomic E-state index is 6.16. The van der Waals surface area contributed by atoms with Gasteiger partial charge in [0.05, 0.1) is 5.69 Å². The van der Waals surface area contributed by atoms with E-state index >= 15 is 0 Å². The predicted octanol–water partition coefficient (Wildman–Crippen LogP) is 2.99. The Labute approximate surface area is 118 Å². The van der Waals surface area contributed by atoms with E-state index in [9.17, 15) is 0 Å². The van der Waals surface area contributed by atoms with Gasteiger partial charge in [-0.3, -0.25) is 0 Å². The molecule has 0 aromatic heterocycles. The summed E-state index contributed by atoms with van der Waals surface area (Å²) >= 11 is 3.51. The highest BCUT2D eigenvalue weighted by molar-refractivity contribution is 9.10. The predicted molar refractivity (Wildman–Crippen MR) is 79.6 cm³/mol. The number of likely N-dealkylation sites (tertiary alicyclic amines) is 1. The second-order valence-electron chi connectivity index (χ2n) is 5.13. The van der Waals surface area contributed by atoms with Gasteiger partial charge in [0, 0.05) is 31.7 Å². The Balaban J connectivity index is 2.09. The molecule has 1 aliphatic heterocycles. The number of halogens is 1. The number of rotatable bonds is 3. The van der Waals surface area contributed by atoms with Gasteiger partial charge in [-0.15, -0.1) is 0 Å². The average Bonchev–Trinajstić information content (AvgIpc) is 2.34. The molecule has 4 heteroatoms. The summed E-state index contributed by atoms with van der Waals surface area (Å²) in [4.78, 5) is 4.45. The summed E-state index contributed by atoms with van der Waals surface area (Å²) in [6.07, 6.45) is 2.57. The molecule has 0 spiro atoms. The number of anilines is 1. The Morgan fingerprint density at radius 1 is 1.28 bits per heavy atom. The van der Waals surface area contributed by atoms with Crippen LogP contribution >= 0.6 is 15.9 Å². The lowest BCUT2D eigenvalue weighted by Crippen LogP contribution is -2.35. The van der Waals surface area contributed by atoms with Gasteiger partial charge in [-0.2, -0.15) is 0 Å². The van der Waals surface area contributed by atoms with E-state index in [0.717, 1.165) is 41.8 Å². The van der Waals surface area contributed by atoms with Crippen LogP contribution in [-0.4, -0.2) is 45.2 Å². The van der Waals surface area contributed by atoms with Gasteiger partial charge in [-0.05, 0) is 38.1 Å². The van der Waals surface area contributed by atoms with Crippen molar-refractivity contribution >= 4 is 21.6 Å². The normalized spacial score (nSPS) is 17.8. The van der Waals surface area contributed by atoms with Crippen molar-refractivity contribution in [3.63, 3.8) is 0 Å². The number of benzene rings is 1. The summed E-state index contributed by atoms with van der Waals surface area (Å²) in [6, 6.07) is 6.19. The monoisotopic (exact) mass is 312 g/mol. The first kappa shape index (κ1) is 13.7. The van der Waals surface area contributed by atoms with E-state index in [2.05, 4.69) is 44.9 Å². The summed E-state index contributed by atoms with van der Waals surface area (Å²) < 4.78 is 7.25. The first-order chi connectivity index (χ1) is 8.56. The third kappa shape index (κ3) is 3.39. The summed E-state index contributed by atoms with van der Waals surface area (Å²) in [5.41, 5.74) is 1.13. The molecule has 2 rings (SSSR count). The Hall–Kier alpha value is -0.740. The Bertz CT molecular complexity index is 401. The van der Waals surface area contributed by atoms with Gasteiger partial charge in [0.15, 0.2) is 0 Å². The van der Waals surface area contributed by atoms with Crippen LogP contribution in [0.2, 0.25) is 0 Å². The molecule has 0 amide bonds. The first-order valence-electron chi connectivity index (χ1n) is 6.38. The maximum Gasteiger partial charge on any atom is 0.143 e. The molecule has 1 aliphatic rings. The van der Waals surface area contributed by atoms with Crippen LogP contribution in [0.5, 0.6) is 5.75 Å². The van der Waals surface area contributed by atoms with Crippen molar-refractivity contribution < 1.29 is 4.74 Å². The summed E-state index contributed by atoms with van der Waals surface area (Å²) in [7, 11) is 6.26. The standard InChI is InChI=1S/C14H21BrN2O/c1-16(2)13-10-11(15)4-5-14(13)18-12-6-8-17(3)9-7-12/h4-5,10,12H,6-9H2,1-3H3. The van der Waals surface area contributed by atoms with E-state index in [4.69, 9.17) is 4.74 Å². The molecule has 1 aromatic rings. The zero-order chi connectivity index (χ0) is 13.1. The maximum atomic E-state index is 6.16. The Kier molecular flexibility index (Phi) is 4.51. The topological polar surface area (TPSA) is 15.7 Å². The van der Waals surface area contributed by atoms with Crippen LogP contribution in [0.3, 0.4) is 0 Å². The van der Waals surface area contributed by atoms with Crippen LogP contribution in [0.4, 0.5) is 5.69 Å².